The van der Waals surface area contributed by atoms with Crippen LogP contribution in [0.5, 0.6) is 0 Å². The Morgan fingerprint density at radius 3 is 2.03 bits per heavy atom. The molecule has 1 nitrogen and oxygen atoms in total. The first-order valence-corrected chi connectivity index (χ1v) is 10.5. The highest BCUT2D eigenvalue weighted by atomic mass is 14.5. The lowest BCUT2D eigenvalue weighted by molar-refractivity contribution is 0.314. The Morgan fingerprint density at radius 1 is 0.759 bits per heavy atom. The Morgan fingerprint density at radius 2 is 1.34 bits per heavy atom. The van der Waals surface area contributed by atoms with Crippen LogP contribution in [0.15, 0.2) is 72.8 Å². The Labute approximate surface area is 171 Å². The number of hydrogen-bond acceptors (Lipinski definition) is 1. The van der Waals surface area contributed by atoms with Gasteiger partial charge < -0.3 is 0 Å². The molecule has 0 fully saturated rings. The Hall–Kier alpha value is -3.11. The second-order valence-corrected chi connectivity index (χ2v) is 9.30. The van der Waals surface area contributed by atoms with Crippen molar-refractivity contribution in [1.82, 2.24) is 0 Å². The molecule has 0 saturated carbocycles. The van der Waals surface area contributed by atoms with Crippen molar-refractivity contribution in [3.8, 4) is 6.07 Å². The van der Waals surface area contributed by atoms with Crippen LogP contribution < -0.4 is 0 Å². The first kappa shape index (κ1) is 16.8. The zero-order chi connectivity index (χ0) is 19.8. The van der Waals surface area contributed by atoms with Gasteiger partial charge in [-0.2, -0.15) is 5.26 Å². The van der Waals surface area contributed by atoms with Crippen molar-refractivity contribution in [2.45, 2.75) is 38.0 Å². The highest BCUT2D eigenvalue weighted by Gasteiger charge is 2.48. The number of nitriles is 1. The van der Waals surface area contributed by atoms with E-state index in [9.17, 15) is 5.26 Å². The molecule has 3 atom stereocenters. The van der Waals surface area contributed by atoms with Crippen molar-refractivity contribution in [1.29, 1.82) is 5.26 Å². The SMILES string of the molecule is CC(C)(C#N)[C@H]1c2cccc3cccc(c23)[C@@H]1[C@@H]1Cc2cccc3cccc1c23. The second kappa shape index (κ2) is 5.71. The minimum atomic E-state index is -0.430. The van der Waals surface area contributed by atoms with Gasteiger partial charge in [-0.25, -0.2) is 0 Å². The van der Waals surface area contributed by atoms with Gasteiger partial charge in [0.25, 0.3) is 0 Å². The van der Waals surface area contributed by atoms with Gasteiger partial charge in [0.15, 0.2) is 0 Å². The van der Waals surface area contributed by atoms with E-state index in [1.807, 2.05) is 0 Å². The quantitative estimate of drug-likeness (QED) is 0.369. The lowest BCUT2D eigenvalue weighted by Crippen LogP contribution is -2.27. The van der Waals surface area contributed by atoms with Gasteiger partial charge in [0.2, 0.25) is 0 Å². The summed E-state index contributed by atoms with van der Waals surface area (Å²) in [5.74, 6) is 0.929. The molecule has 0 unspecified atom stereocenters. The largest absolute Gasteiger partial charge is 0.198 e. The van der Waals surface area contributed by atoms with E-state index in [0.717, 1.165) is 6.42 Å². The molecule has 0 bridgehead atoms. The molecule has 0 spiro atoms. The summed E-state index contributed by atoms with van der Waals surface area (Å²) in [5.41, 5.74) is 5.28. The summed E-state index contributed by atoms with van der Waals surface area (Å²) < 4.78 is 0. The predicted molar refractivity (Wildman–Crippen MR) is 119 cm³/mol. The summed E-state index contributed by atoms with van der Waals surface area (Å²) in [4.78, 5) is 0. The van der Waals surface area contributed by atoms with Gasteiger partial charge in [0.1, 0.15) is 0 Å². The third kappa shape index (κ3) is 2.15. The average Bonchev–Trinajstić information content (AvgIpc) is 3.28. The van der Waals surface area contributed by atoms with E-state index < -0.39 is 5.41 Å². The highest BCUT2D eigenvalue weighted by molar-refractivity contribution is 5.95. The fourth-order valence-electron chi connectivity index (χ4n) is 6.26. The summed E-state index contributed by atoms with van der Waals surface area (Å²) in [7, 11) is 0. The van der Waals surface area contributed by atoms with Gasteiger partial charge in [0.05, 0.1) is 11.5 Å². The van der Waals surface area contributed by atoms with E-state index in [-0.39, 0.29) is 5.92 Å². The molecule has 0 saturated heterocycles. The number of nitrogens with zero attached hydrogens (tertiary/aromatic N) is 1. The standard InChI is InChI=1S/C28H23N/c1-28(2,16-29)27-22-14-6-10-18-9-5-13-21(25(18)22)26(27)23-15-19-11-3-7-17-8-4-12-20(23)24(17)19/h3-14,23,26-27H,15H2,1-2H3/t23-,26-,27+/m1/s1. The maximum absolute atomic E-state index is 10.1. The Bertz CT molecular complexity index is 1330. The van der Waals surface area contributed by atoms with Crippen LogP contribution in [0.2, 0.25) is 0 Å². The van der Waals surface area contributed by atoms with Crippen molar-refractivity contribution >= 4 is 21.5 Å². The topological polar surface area (TPSA) is 23.8 Å². The lowest BCUT2D eigenvalue weighted by atomic mass is 9.66. The molecule has 4 aromatic carbocycles. The van der Waals surface area contributed by atoms with Crippen molar-refractivity contribution in [3.05, 3.63) is 95.1 Å². The predicted octanol–water partition coefficient (Wildman–Crippen LogP) is 7.06. The van der Waals surface area contributed by atoms with Gasteiger partial charge in [-0.1, -0.05) is 72.8 Å². The van der Waals surface area contributed by atoms with Crippen LogP contribution in [0.1, 0.15) is 53.9 Å². The van der Waals surface area contributed by atoms with Crippen LogP contribution in [0.4, 0.5) is 0 Å². The minimum Gasteiger partial charge on any atom is -0.198 e. The fraction of sp³-hybridized carbons (Fsp3) is 0.250. The Balaban J connectivity index is 1.63. The van der Waals surface area contributed by atoms with Crippen LogP contribution in [-0.2, 0) is 6.42 Å². The average molecular weight is 373 g/mol. The third-order valence-corrected chi connectivity index (χ3v) is 7.38. The molecule has 0 aliphatic heterocycles. The Kier molecular flexibility index (Phi) is 3.31. The molecule has 0 amide bonds. The maximum Gasteiger partial charge on any atom is 0.0690 e. The monoisotopic (exact) mass is 373 g/mol. The maximum atomic E-state index is 10.1. The summed E-state index contributed by atoms with van der Waals surface area (Å²) in [6.45, 7) is 4.25. The smallest absolute Gasteiger partial charge is 0.0690 e. The van der Waals surface area contributed by atoms with Gasteiger partial charge in [-0.05, 0) is 70.0 Å². The normalized spacial score (nSPS) is 22.3. The van der Waals surface area contributed by atoms with Crippen molar-refractivity contribution < 1.29 is 0 Å². The number of benzene rings is 4. The summed E-state index contributed by atoms with van der Waals surface area (Å²) >= 11 is 0. The second-order valence-electron chi connectivity index (χ2n) is 9.30. The summed E-state index contributed by atoms with van der Waals surface area (Å²) in [5, 5.41) is 15.6. The molecule has 29 heavy (non-hydrogen) atoms. The van der Waals surface area contributed by atoms with E-state index in [1.165, 1.54) is 43.8 Å². The van der Waals surface area contributed by atoms with Gasteiger partial charge in [0, 0.05) is 11.8 Å². The molecule has 0 N–H and O–H groups in total. The van der Waals surface area contributed by atoms with Crippen molar-refractivity contribution in [2.75, 3.05) is 0 Å². The van der Waals surface area contributed by atoms with Gasteiger partial charge >= 0.3 is 0 Å². The van der Waals surface area contributed by atoms with E-state index in [4.69, 9.17) is 0 Å². The van der Waals surface area contributed by atoms with E-state index in [1.54, 1.807) is 0 Å². The molecule has 0 radical (unpaired) electrons. The molecule has 2 aliphatic rings. The van der Waals surface area contributed by atoms with E-state index in [2.05, 4.69) is 92.7 Å². The van der Waals surface area contributed by atoms with Crippen molar-refractivity contribution in [3.63, 3.8) is 0 Å². The van der Waals surface area contributed by atoms with Gasteiger partial charge in [-0.15, -0.1) is 0 Å². The van der Waals surface area contributed by atoms with E-state index in [0.29, 0.717) is 11.8 Å². The van der Waals surface area contributed by atoms with Crippen molar-refractivity contribution in [2.24, 2.45) is 5.41 Å². The minimum absolute atomic E-state index is 0.197. The van der Waals surface area contributed by atoms with Gasteiger partial charge in [-0.3, -0.25) is 0 Å². The van der Waals surface area contributed by atoms with Crippen LogP contribution in [0.3, 0.4) is 0 Å². The molecule has 0 aromatic heterocycles. The van der Waals surface area contributed by atoms with E-state index >= 15 is 0 Å². The molecule has 6 rings (SSSR count). The molecule has 0 heterocycles. The zero-order valence-corrected chi connectivity index (χ0v) is 16.8. The van der Waals surface area contributed by atoms with Crippen LogP contribution in [-0.4, -0.2) is 0 Å². The zero-order valence-electron chi connectivity index (χ0n) is 16.8. The fourth-order valence-corrected chi connectivity index (χ4v) is 6.26. The highest BCUT2D eigenvalue weighted by Crippen LogP contribution is 2.61. The molecular weight excluding hydrogens is 350 g/mol. The number of hydrogen-bond donors (Lipinski definition) is 0. The van der Waals surface area contributed by atoms with Crippen LogP contribution in [0.25, 0.3) is 21.5 Å². The van der Waals surface area contributed by atoms with Crippen LogP contribution >= 0.6 is 0 Å². The molecular formula is C28H23N. The number of rotatable bonds is 2. The molecule has 1 heteroatoms. The lowest BCUT2D eigenvalue weighted by Gasteiger charge is -2.35. The summed E-state index contributed by atoms with van der Waals surface area (Å²) in [6.07, 6.45) is 1.06. The van der Waals surface area contributed by atoms with Crippen LogP contribution in [0, 0.1) is 16.7 Å². The first-order valence-electron chi connectivity index (χ1n) is 10.5. The molecule has 4 aromatic rings. The first-order chi connectivity index (χ1) is 14.1. The summed E-state index contributed by atoms with van der Waals surface area (Å²) in [6, 6.07) is 29.5. The molecule has 2 aliphatic carbocycles. The third-order valence-electron chi connectivity index (χ3n) is 7.38. The molecule has 140 valence electrons.